The molecular weight excluding hydrogens is 368 g/mol. The van der Waals surface area contributed by atoms with Gasteiger partial charge in [0.25, 0.3) is 5.91 Å². The highest BCUT2D eigenvalue weighted by molar-refractivity contribution is 7.99. The standard InChI is InChI=1S/C23H26N2O2S/c1-16(26)18-2-6-21(7-3-18)28-22-8-4-19(5-9-22)23(27)24-20-14-17-10-12-25(15-20)13-11-17/h2-9,17,20H,10-15H2,1H3,(H,24,27). The number of benzene rings is 2. The molecule has 2 aromatic carbocycles. The van der Waals surface area contributed by atoms with Crippen LogP contribution in [0.1, 0.15) is 46.9 Å². The van der Waals surface area contributed by atoms with E-state index in [1.807, 2.05) is 48.5 Å². The molecule has 0 spiro atoms. The summed E-state index contributed by atoms with van der Waals surface area (Å²) in [6.45, 7) is 4.91. The molecule has 1 atom stereocenters. The van der Waals surface area contributed by atoms with E-state index in [-0.39, 0.29) is 17.7 Å². The SMILES string of the molecule is CC(=O)c1ccc(Sc2ccc(C(=O)NC3CC4CCN(CC4)C3)cc2)cc1. The second kappa shape index (κ2) is 8.50. The van der Waals surface area contributed by atoms with Crippen LogP contribution in [0.15, 0.2) is 58.3 Å². The molecule has 3 fully saturated rings. The summed E-state index contributed by atoms with van der Waals surface area (Å²) in [6, 6.07) is 15.6. The van der Waals surface area contributed by atoms with Crippen LogP contribution in [0.25, 0.3) is 0 Å². The summed E-state index contributed by atoms with van der Waals surface area (Å²) in [5.74, 6) is 0.859. The summed E-state index contributed by atoms with van der Waals surface area (Å²) in [7, 11) is 0. The largest absolute Gasteiger partial charge is 0.348 e. The van der Waals surface area contributed by atoms with E-state index in [0.29, 0.717) is 5.56 Å². The van der Waals surface area contributed by atoms with Crippen molar-refractivity contribution in [2.75, 3.05) is 19.6 Å². The number of hydrogen-bond donors (Lipinski definition) is 1. The minimum absolute atomic E-state index is 0.0230. The lowest BCUT2D eigenvalue weighted by Gasteiger charge is -2.26. The second-order valence-electron chi connectivity index (χ2n) is 7.86. The Balaban J connectivity index is 1.36. The lowest BCUT2D eigenvalue weighted by Crippen LogP contribution is -2.41. The number of nitrogens with one attached hydrogen (secondary N) is 1. The van der Waals surface area contributed by atoms with Crippen LogP contribution in [0.5, 0.6) is 0 Å². The molecule has 3 aliphatic rings. The van der Waals surface area contributed by atoms with Crippen LogP contribution in [0.3, 0.4) is 0 Å². The van der Waals surface area contributed by atoms with Gasteiger partial charge in [0, 0.05) is 33.5 Å². The molecule has 4 nitrogen and oxygen atoms in total. The van der Waals surface area contributed by atoms with E-state index in [4.69, 9.17) is 0 Å². The number of carbonyl (C=O) groups excluding carboxylic acids is 2. The Bertz CT molecular complexity index is 826. The smallest absolute Gasteiger partial charge is 0.251 e. The average Bonchev–Trinajstić information content (AvgIpc) is 3.01. The fourth-order valence-electron chi connectivity index (χ4n) is 4.13. The molecular formula is C23H26N2O2S. The highest BCUT2D eigenvalue weighted by atomic mass is 32.2. The monoisotopic (exact) mass is 394 g/mol. The van der Waals surface area contributed by atoms with E-state index < -0.39 is 0 Å². The number of ketones is 1. The van der Waals surface area contributed by atoms with Crippen molar-refractivity contribution < 1.29 is 9.59 Å². The maximum atomic E-state index is 12.7. The van der Waals surface area contributed by atoms with E-state index >= 15 is 0 Å². The van der Waals surface area contributed by atoms with E-state index in [0.717, 1.165) is 34.2 Å². The lowest BCUT2D eigenvalue weighted by atomic mass is 9.94. The van der Waals surface area contributed by atoms with Crippen molar-refractivity contribution in [3.8, 4) is 0 Å². The normalized spacial score (nSPS) is 23.8. The molecule has 28 heavy (non-hydrogen) atoms. The van der Waals surface area contributed by atoms with Gasteiger partial charge < -0.3 is 10.2 Å². The number of carbonyl (C=O) groups is 2. The van der Waals surface area contributed by atoms with Gasteiger partial charge in [-0.3, -0.25) is 9.59 Å². The van der Waals surface area contributed by atoms with Crippen LogP contribution in [-0.2, 0) is 0 Å². The topological polar surface area (TPSA) is 49.4 Å². The molecule has 5 heteroatoms. The van der Waals surface area contributed by atoms with E-state index in [1.165, 1.54) is 25.9 Å². The number of amides is 1. The lowest BCUT2D eigenvalue weighted by molar-refractivity contribution is 0.0928. The van der Waals surface area contributed by atoms with Gasteiger partial charge in [-0.15, -0.1) is 0 Å². The molecule has 0 aliphatic carbocycles. The van der Waals surface area contributed by atoms with Gasteiger partial charge in [0.15, 0.2) is 5.78 Å². The van der Waals surface area contributed by atoms with Gasteiger partial charge in [-0.1, -0.05) is 23.9 Å². The highest BCUT2D eigenvalue weighted by Crippen LogP contribution is 2.29. The van der Waals surface area contributed by atoms with Crippen molar-refractivity contribution in [3.05, 3.63) is 59.7 Å². The Labute approximate surface area is 170 Å². The van der Waals surface area contributed by atoms with Gasteiger partial charge in [0.2, 0.25) is 0 Å². The molecule has 0 aromatic heterocycles. The van der Waals surface area contributed by atoms with E-state index in [2.05, 4.69) is 10.2 Å². The molecule has 3 heterocycles. The molecule has 2 bridgehead atoms. The molecule has 0 radical (unpaired) electrons. The van der Waals surface area contributed by atoms with E-state index in [9.17, 15) is 9.59 Å². The van der Waals surface area contributed by atoms with Crippen LogP contribution >= 0.6 is 11.8 Å². The Hall–Kier alpha value is -2.11. The van der Waals surface area contributed by atoms with Crippen LogP contribution < -0.4 is 5.32 Å². The molecule has 2 aromatic rings. The average molecular weight is 395 g/mol. The zero-order chi connectivity index (χ0) is 19.5. The van der Waals surface area contributed by atoms with Crippen LogP contribution in [-0.4, -0.2) is 42.3 Å². The summed E-state index contributed by atoms with van der Waals surface area (Å²) in [5.41, 5.74) is 1.43. The Kier molecular flexibility index (Phi) is 5.83. The van der Waals surface area contributed by atoms with Crippen molar-refractivity contribution in [2.45, 2.75) is 42.0 Å². The van der Waals surface area contributed by atoms with Crippen molar-refractivity contribution in [3.63, 3.8) is 0 Å². The summed E-state index contributed by atoms with van der Waals surface area (Å²) < 4.78 is 0. The predicted octanol–water partition coefficient (Wildman–Crippen LogP) is 4.25. The summed E-state index contributed by atoms with van der Waals surface area (Å²) in [5, 5.41) is 3.24. The first-order valence-corrected chi connectivity index (χ1v) is 10.8. The van der Waals surface area contributed by atoms with Gasteiger partial charge >= 0.3 is 0 Å². The first kappa shape index (κ1) is 19.2. The number of Topliss-reactive ketones (excluding diaryl/α,β-unsaturated/α-hetero) is 1. The van der Waals surface area contributed by atoms with Crippen molar-refractivity contribution in [1.29, 1.82) is 0 Å². The minimum Gasteiger partial charge on any atom is -0.348 e. The zero-order valence-corrected chi connectivity index (χ0v) is 17.0. The highest BCUT2D eigenvalue weighted by Gasteiger charge is 2.29. The molecule has 3 aliphatic heterocycles. The Morgan fingerprint density at radius 2 is 1.50 bits per heavy atom. The predicted molar refractivity (Wildman–Crippen MR) is 112 cm³/mol. The van der Waals surface area contributed by atoms with Gasteiger partial charge in [-0.05, 0) is 81.6 Å². The molecule has 1 amide bonds. The maximum Gasteiger partial charge on any atom is 0.251 e. The van der Waals surface area contributed by atoms with Crippen LogP contribution in [0, 0.1) is 5.92 Å². The second-order valence-corrected chi connectivity index (χ2v) is 9.00. The van der Waals surface area contributed by atoms with Gasteiger partial charge in [0.1, 0.15) is 0 Å². The van der Waals surface area contributed by atoms with Crippen LogP contribution in [0.2, 0.25) is 0 Å². The van der Waals surface area contributed by atoms with E-state index in [1.54, 1.807) is 18.7 Å². The van der Waals surface area contributed by atoms with Crippen molar-refractivity contribution >= 4 is 23.5 Å². The molecule has 146 valence electrons. The third kappa shape index (κ3) is 4.65. The summed E-state index contributed by atoms with van der Waals surface area (Å²) in [6.07, 6.45) is 3.64. The third-order valence-electron chi connectivity index (χ3n) is 5.75. The quantitative estimate of drug-likeness (QED) is 0.770. The first-order chi connectivity index (χ1) is 13.6. The van der Waals surface area contributed by atoms with Gasteiger partial charge in [-0.25, -0.2) is 0 Å². The summed E-state index contributed by atoms with van der Waals surface area (Å²) >= 11 is 1.63. The number of piperidine rings is 1. The molecule has 1 N–H and O–H groups in total. The zero-order valence-electron chi connectivity index (χ0n) is 16.2. The molecule has 3 saturated heterocycles. The number of nitrogens with zero attached hydrogens (tertiary/aromatic N) is 1. The Morgan fingerprint density at radius 3 is 2.07 bits per heavy atom. The Morgan fingerprint density at radius 1 is 0.929 bits per heavy atom. The maximum absolute atomic E-state index is 12.7. The number of fused-ring (bicyclic) bond motifs is 4. The van der Waals surface area contributed by atoms with Crippen LogP contribution in [0.4, 0.5) is 0 Å². The molecule has 1 unspecified atom stereocenters. The fraction of sp³-hybridized carbons (Fsp3) is 0.391. The van der Waals surface area contributed by atoms with Gasteiger partial charge in [-0.2, -0.15) is 0 Å². The molecule has 0 saturated carbocycles. The van der Waals surface area contributed by atoms with Gasteiger partial charge in [0.05, 0.1) is 0 Å². The summed E-state index contributed by atoms with van der Waals surface area (Å²) in [4.78, 5) is 28.7. The number of hydrogen-bond acceptors (Lipinski definition) is 4. The number of rotatable bonds is 5. The third-order valence-corrected chi connectivity index (χ3v) is 6.77. The molecule has 5 rings (SSSR count). The minimum atomic E-state index is 0.0230. The fourth-order valence-corrected chi connectivity index (χ4v) is 4.95. The van der Waals surface area contributed by atoms with Crippen molar-refractivity contribution in [2.24, 2.45) is 5.92 Å². The first-order valence-electron chi connectivity index (χ1n) is 9.99. The van der Waals surface area contributed by atoms with Crippen molar-refractivity contribution in [1.82, 2.24) is 10.2 Å².